The van der Waals surface area contributed by atoms with Crippen molar-refractivity contribution in [1.82, 2.24) is 4.89 Å². The zero-order chi connectivity index (χ0) is 11.8. The van der Waals surface area contributed by atoms with Crippen molar-refractivity contribution in [3.63, 3.8) is 0 Å². The fourth-order valence-electron chi connectivity index (χ4n) is 1.53. The number of rotatable bonds is 3. The number of carbonyl (C=O) groups is 1. The molecule has 0 unspecified atom stereocenters. The van der Waals surface area contributed by atoms with Gasteiger partial charge < -0.3 is 5.32 Å². The predicted molar refractivity (Wildman–Crippen MR) is 56.1 cm³/mol. The van der Waals surface area contributed by atoms with Crippen LogP contribution in [-0.2, 0) is 26.1 Å². The quantitative estimate of drug-likeness (QED) is 0.732. The van der Waals surface area contributed by atoms with E-state index in [1.165, 1.54) is 19.2 Å². The topological polar surface area (TPSA) is 84.5 Å². The molecule has 2 N–H and O–H groups in total. The van der Waals surface area contributed by atoms with Crippen molar-refractivity contribution in [3.8, 4) is 0 Å². The molecule has 1 amide bonds. The van der Waals surface area contributed by atoms with Crippen LogP contribution in [0.5, 0.6) is 0 Å². The highest BCUT2D eigenvalue weighted by molar-refractivity contribution is 7.89. The molecule has 0 aromatic heterocycles. The van der Waals surface area contributed by atoms with Crippen molar-refractivity contribution in [2.24, 2.45) is 0 Å². The average Bonchev–Trinajstić information content (AvgIpc) is 2.56. The van der Waals surface area contributed by atoms with E-state index in [0.29, 0.717) is 11.3 Å². The van der Waals surface area contributed by atoms with Gasteiger partial charge in [0.15, 0.2) is 0 Å². The van der Waals surface area contributed by atoms with Gasteiger partial charge in [-0.2, -0.15) is 0 Å². The molecule has 0 saturated heterocycles. The minimum absolute atomic E-state index is 0.0737. The SMILES string of the molecule is CONS(=O)(=O)c1ccc2c(c1)CC(=O)N2. The zero-order valence-electron chi connectivity index (χ0n) is 8.48. The van der Waals surface area contributed by atoms with Crippen LogP contribution in [0.15, 0.2) is 23.1 Å². The third kappa shape index (κ3) is 1.92. The van der Waals surface area contributed by atoms with Crippen LogP contribution in [-0.4, -0.2) is 21.4 Å². The maximum absolute atomic E-state index is 11.6. The Balaban J connectivity index is 2.40. The number of anilines is 1. The summed E-state index contributed by atoms with van der Waals surface area (Å²) < 4.78 is 23.1. The molecule has 1 aromatic rings. The van der Waals surface area contributed by atoms with Crippen LogP contribution in [0.4, 0.5) is 5.69 Å². The summed E-state index contributed by atoms with van der Waals surface area (Å²) in [5.74, 6) is -0.135. The molecule has 7 heteroatoms. The first-order valence-corrected chi connectivity index (χ1v) is 5.99. The molecule has 0 bridgehead atoms. The highest BCUT2D eigenvalue weighted by Gasteiger charge is 2.21. The third-order valence-corrected chi connectivity index (χ3v) is 3.47. The normalized spacial score (nSPS) is 14.7. The fraction of sp³-hybridized carbons (Fsp3) is 0.222. The van der Waals surface area contributed by atoms with Gasteiger partial charge >= 0.3 is 0 Å². The molecule has 0 aliphatic carbocycles. The third-order valence-electron chi connectivity index (χ3n) is 2.21. The molecule has 6 nitrogen and oxygen atoms in total. The van der Waals surface area contributed by atoms with Gasteiger partial charge in [0.25, 0.3) is 10.0 Å². The Bertz CT molecular complexity index is 538. The summed E-state index contributed by atoms with van der Waals surface area (Å²) in [4.78, 5) is 17.4. The highest BCUT2D eigenvalue weighted by atomic mass is 32.2. The monoisotopic (exact) mass is 242 g/mol. The molecule has 1 aliphatic rings. The molecule has 1 aliphatic heterocycles. The molecular weight excluding hydrogens is 232 g/mol. The maximum atomic E-state index is 11.6. The number of hydrogen-bond donors (Lipinski definition) is 2. The summed E-state index contributed by atoms with van der Waals surface area (Å²) in [6, 6.07) is 4.42. The molecular formula is C9H10N2O4S. The lowest BCUT2D eigenvalue weighted by atomic mass is 10.2. The first-order valence-electron chi connectivity index (χ1n) is 4.50. The standard InChI is InChI=1S/C9H10N2O4S/c1-15-11-16(13,14)7-2-3-8-6(4-7)5-9(12)10-8/h2-4,11H,5H2,1H3,(H,10,12). The highest BCUT2D eigenvalue weighted by Crippen LogP contribution is 2.25. The van der Waals surface area contributed by atoms with Gasteiger partial charge in [0.05, 0.1) is 18.4 Å². The summed E-state index contributed by atoms with van der Waals surface area (Å²) in [7, 11) is -2.44. The fourth-order valence-corrected chi connectivity index (χ4v) is 2.39. The molecule has 0 spiro atoms. The molecule has 0 saturated carbocycles. The van der Waals surface area contributed by atoms with E-state index < -0.39 is 10.0 Å². The van der Waals surface area contributed by atoms with E-state index in [-0.39, 0.29) is 17.2 Å². The molecule has 1 heterocycles. The molecule has 2 rings (SSSR count). The summed E-state index contributed by atoms with van der Waals surface area (Å²) in [6.07, 6.45) is 0.200. The van der Waals surface area contributed by atoms with E-state index in [4.69, 9.17) is 0 Å². The van der Waals surface area contributed by atoms with Crippen LogP contribution < -0.4 is 10.2 Å². The second-order valence-corrected chi connectivity index (χ2v) is 4.98. The van der Waals surface area contributed by atoms with E-state index >= 15 is 0 Å². The van der Waals surface area contributed by atoms with Crippen molar-refractivity contribution in [3.05, 3.63) is 23.8 Å². The van der Waals surface area contributed by atoms with Gasteiger partial charge in [0, 0.05) is 5.69 Å². The second-order valence-electron chi connectivity index (χ2n) is 3.33. The van der Waals surface area contributed by atoms with Crippen molar-refractivity contribution in [2.45, 2.75) is 11.3 Å². The first-order chi connectivity index (χ1) is 7.53. The van der Waals surface area contributed by atoms with E-state index in [1.54, 1.807) is 6.07 Å². The second kappa shape index (κ2) is 3.85. The lowest BCUT2D eigenvalue weighted by Gasteiger charge is -2.05. The molecule has 0 fully saturated rings. The van der Waals surface area contributed by atoms with Gasteiger partial charge in [-0.15, -0.1) is 0 Å². The van der Waals surface area contributed by atoms with Crippen LogP contribution in [0, 0.1) is 0 Å². The molecule has 16 heavy (non-hydrogen) atoms. The summed E-state index contributed by atoms with van der Waals surface area (Å²) in [5.41, 5.74) is 1.32. The number of hydrogen-bond acceptors (Lipinski definition) is 4. The van der Waals surface area contributed by atoms with E-state index in [1.807, 2.05) is 4.89 Å². The lowest BCUT2D eigenvalue weighted by Crippen LogP contribution is -2.22. The van der Waals surface area contributed by atoms with Crippen molar-refractivity contribution < 1.29 is 18.0 Å². The first kappa shape index (κ1) is 11.1. The van der Waals surface area contributed by atoms with Gasteiger partial charge in [0.2, 0.25) is 5.91 Å². The van der Waals surface area contributed by atoms with Gasteiger partial charge in [-0.25, -0.2) is 8.42 Å². The minimum atomic E-state index is -3.66. The van der Waals surface area contributed by atoms with Crippen molar-refractivity contribution in [1.29, 1.82) is 0 Å². The summed E-state index contributed by atoms with van der Waals surface area (Å²) in [5, 5.41) is 2.62. The molecule has 0 atom stereocenters. The summed E-state index contributed by atoms with van der Waals surface area (Å²) >= 11 is 0. The molecule has 0 radical (unpaired) electrons. The Morgan fingerprint density at radius 3 is 2.88 bits per heavy atom. The maximum Gasteiger partial charge on any atom is 0.262 e. The number of sulfonamides is 1. The van der Waals surface area contributed by atoms with E-state index in [9.17, 15) is 13.2 Å². The number of carbonyl (C=O) groups excluding carboxylic acids is 1. The number of benzene rings is 1. The van der Waals surface area contributed by atoms with Crippen LogP contribution in [0.3, 0.4) is 0 Å². The minimum Gasteiger partial charge on any atom is -0.326 e. The molecule has 86 valence electrons. The van der Waals surface area contributed by atoms with Gasteiger partial charge in [-0.05, 0) is 23.8 Å². The van der Waals surface area contributed by atoms with Crippen molar-refractivity contribution >= 4 is 21.6 Å². The smallest absolute Gasteiger partial charge is 0.262 e. The van der Waals surface area contributed by atoms with E-state index in [0.717, 1.165) is 0 Å². The number of nitrogens with one attached hydrogen (secondary N) is 2. The Morgan fingerprint density at radius 2 is 2.19 bits per heavy atom. The van der Waals surface area contributed by atoms with Crippen LogP contribution >= 0.6 is 0 Å². The average molecular weight is 242 g/mol. The van der Waals surface area contributed by atoms with Gasteiger partial charge in [-0.1, -0.05) is 4.89 Å². The Kier molecular flexibility index (Phi) is 2.66. The van der Waals surface area contributed by atoms with Crippen molar-refractivity contribution in [2.75, 3.05) is 12.4 Å². The Labute approximate surface area is 92.6 Å². The Morgan fingerprint density at radius 1 is 1.44 bits per heavy atom. The predicted octanol–water partition coefficient (Wildman–Crippen LogP) is 0.0209. The largest absolute Gasteiger partial charge is 0.326 e. The number of amides is 1. The molecule has 1 aromatic carbocycles. The number of fused-ring (bicyclic) bond motifs is 1. The zero-order valence-corrected chi connectivity index (χ0v) is 9.30. The Hall–Kier alpha value is -1.44. The van der Waals surface area contributed by atoms with Gasteiger partial charge in [-0.3, -0.25) is 9.63 Å². The van der Waals surface area contributed by atoms with Crippen LogP contribution in [0.1, 0.15) is 5.56 Å². The lowest BCUT2D eigenvalue weighted by molar-refractivity contribution is -0.115. The van der Waals surface area contributed by atoms with E-state index in [2.05, 4.69) is 10.2 Å². The van der Waals surface area contributed by atoms with Gasteiger partial charge in [0.1, 0.15) is 0 Å². The van der Waals surface area contributed by atoms with Crippen LogP contribution in [0.2, 0.25) is 0 Å². The van der Waals surface area contributed by atoms with Crippen LogP contribution in [0.25, 0.3) is 0 Å². The summed E-state index contributed by atoms with van der Waals surface area (Å²) in [6.45, 7) is 0.